The van der Waals surface area contributed by atoms with E-state index in [9.17, 15) is 18.0 Å². The Morgan fingerprint density at radius 2 is 1.87 bits per heavy atom. The lowest BCUT2D eigenvalue weighted by Crippen LogP contribution is -2.44. The summed E-state index contributed by atoms with van der Waals surface area (Å²) in [7, 11) is -3.94. The van der Waals surface area contributed by atoms with Crippen molar-refractivity contribution in [1.82, 2.24) is 4.90 Å². The lowest BCUT2D eigenvalue weighted by molar-refractivity contribution is -0.123. The number of sulfonamides is 1. The number of rotatable bonds is 4. The van der Waals surface area contributed by atoms with Crippen molar-refractivity contribution in [3.63, 3.8) is 0 Å². The lowest BCUT2D eigenvalue weighted by atomic mass is 9.97. The second-order valence-corrected chi connectivity index (χ2v) is 9.83. The number of carbonyl (C=O) groups is 2. The van der Waals surface area contributed by atoms with Gasteiger partial charge in [-0.3, -0.25) is 13.9 Å². The highest BCUT2D eigenvalue weighted by Gasteiger charge is 2.33. The fourth-order valence-electron chi connectivity index (χ4n) is 4.09. The number of benzene rings is 2. The van der Waals surface area contributed by atoms with Crippen LogP contribution >= 0.6 is 11.6 Å². The van der Waals surface area contributed by atoms with Crippen LogP contribution in [0.4, 0.5) is 5.69 Å². The highest BCUT2D eigenvalue weighted by atomic mass is 35.5. The maximum atomic E-state index is 13.4. The predicted molar refractivity (Wildman–Crippen MR) is 114 cm³/mol. The number of likely N-dealkylation sites (tertiary alicyclic amines) is 1. The van der Waals surface area contributed by atoms with E-state index in [0.717, 1.165) is 5.56 Å². The van der Waals surface area contributed by atoms with Gasteiger partial charge in [0.15, 0.2) is 0 Å². The van der Waals surface area contributed by atoms with Crippen molar-refractivity contribution in [2.24, 2.45) is 11.7 Å². The van der Waals surface area contributed by atoms with Crippen molar-refractivity contribution in [3.05, 3.63) is 58.6 Å². The van der Waals surface area contributed by atoms with E-state index in [1.165, 1.54) is 22.5 Å². The van der Waals surface area contributed by atoms with Crippen LogP contribution in [0, 0.1) is 5.92 Å². The van der Waals surface area contributed by atoms with Crippen molar-refractivity contribution in [2.45, 2.75) is 24.2 Å². The first-order valence-corrected chi connectivity index (χ1v) is 11.6. The number of fused-ring (bicyclic) bond motifs is 1. The molecule has 2 aliphatic heterocycles. The first-order valence-electron chi connectivity index (χ1n) is 9.78. The normalized spacial score (nSPS) is 18.9. The summed E-state index contributed by atoms with van der Waals surface area (Å²) in [6.07, 6.45) is 1.93. The van der Waals surface area contributed by atoms with Crippen LogP contribution in [-0.4, -0.2) is 44.8 Å². The first-order chi connectivity index (χ1) is 14.3. The molecule has 0 aliphatic carbocycles. The van der Waals surface area contributed by atoms with Gasteiger partial charge in [0.25, 0.3) is 15.9 Å². The largest absolute Gasteiger partial charge is 0.369 e. The average molecular weight is 448 g/mol. The maximum Gasteiger partial charge on any atom is 0.265 e. The van der Waals surface area contributed by atoms with Crippen LogP contribution in [0.2, 0.25) is 5.02 Å². The minimum Gasteiger partial charge on any atom is -0.369 e. The molecular weight excluding hydrogens is 426 g/mol. The summed E-state index contributed by atoms with van der Waals surface area (Å²) >= 11 is 6.25. The van der Waals surface area contributed by atoms with Crippen LogP contribution in [-0.2, 0) is 21.2 Å². The number of halogens is 1. The maximum absolute atomic E-state index is 13.4. The summed E-state index contributed by atoms with van der Waals surface area (Å²) < 4.78 is 28.1. The third-order valence-electron chi connectivity index (χ3n) is 5.70. The number of carbonyl (C=O) groups excluding carboxylic acids is 2. The number of amides is 2. The van der Waals surface area contributed by atoms with Crippen LogP contribution in [0.3, 0.4) is 0 Å². The van der Waals surface area contributed by atoms with E-state index in [0.29, 0.717) is 38.0 Å². The Kier molecular flexibility index (Phi) is 5.46. The number of anilines is 1. The molecule has 1 saturated heterocycles. The smallest absolute Gasteiger partial charge is 0.265 e. The van der Waals surface area contributed by atoms with Gasteiger partial charge in [-0.05, 0) is 49.1 Å². The van der Waals surface area contributed by atoms with Gasteiger partial charge in [-0.1, -0.05) is 29.8 Å². The molecule has 158 valence electrons. The van der Waals surface area contributed by atoms with E-state index >= 15 is 0 Å². The van der Waals surface area contributed by atoms with Gasteiger partial charge in [0, 0.05) is 25.2 Å². The molecule has 0 radical (unpaired) electrons. The Labute approximate surface area is 180 Å². The van der Waals surface area contributed by atoms with E-state index < -0.39 is 15.9 Å². The highest BCUT2D eigenvalue weighted by molar-refractivity contribution is 7.93. The van der Waals surface area contributed by atoms with Gasteiger partial charge in [-0.15, -0.1) is 0 Å². The zero-order valence-corrected chi connectivity index (χ0v) is 17.8. The number of primary amides is 1. The summed E-state index contributed by atoms with van der Waals surface area (Å²) in [6.45, 7) is 1.05. The van der Waals surface area contributed by atoms with E-state index in [2.05, 4.69) is 0 Å². The lowest BCUT2D eigenvalue weighted by Gasteiger charge is -2.31. The summed E-state index contributed by atoms with van der Waals surface area (Å²) in [4.78, 5) is 26.0. The highest BCUT2D eigenvalue weighted by Crippen LogP contribution is 2.35. The molecule has 30 heavy (non-hydrogen) atoms. The molecule has 2 aliphatic rings. The van der Waals surface area contributed by atoms with Crippen molar-refractivity contribution >= 4 is 39.1 Å². The number of piperidine rings is 1. The molecular formula is C21H22ClN3O4S. The van der Waals surface area contributed by atoms with Crippen LogP contribution in [0.15, 0.2) is 47.4 Å². The van der Waals surface area contributed by atoms with Crippen LogP contribution in [0.1, 0.15) is 28.8 Å². The molecule has 0 unspecified atom stereocenters. The zero-order chi connectivity index (χ0) is 21.5. The zero-order valence-electron chi connectivity index (χ0n) is 16.3. The Morgan fingerprint density at radius 1 is 1.10 bits per heavy atom. The summed E-state index contributed by atoms with van der Waals surface area (Å²) in [5.74, 6) is -1.16. The van der Waals surface area contributed by atoms with Crippen LogP contribution < -0.4 is 10.0 Å². The number of hydrogen-bond acceptors (Lipinski definition) is 4. The minimum atomic E-state index is -3.94. The molecule has 7 nitrogen and oxygen atoms in total. The molecule has 2 N–H and O–H groups in total. The molecule has 0 bridgehead atoms. The second-order valence-electron chi connectivity index (χ2n) is 7.59. The fraction of sp³-hybridized carbons (Fsp3) is 0.333. The summed E-state index contributed by atoms with van der Waals surface area (Å²) in [6, 6.07) is 11.6. The Hall–Kier alpha value is -2.58. The van der Waals surface area contributed by atoms with E-state index in [1.54, 1.807) is 17.0 Å². The second kappa shape index (κ2) is 7.92. The van der Waals surface area contributed by atoms with Crippen LogP contribution in [0.5, 0.6) is 0 Å². The van der Waals surface area contributed by atoms with E-state index in [1.807, 2.05) is 12.1 Å². The van der Waals surface area contributed by atoms with Crippen molar-refractivity contribution in [2.75, 3.05) is 23.9 Å². The molecule has 0 spiro atoms. The molecule has 0 aromatic heterocycles. The number of nitrogens with two attached hydrogens (primary N) is 1. The molecule has 2 heterocycles. The Morgan fingerprint density at radius 3 is 2.63 bits per heavy atom. The third kappa shape index (κ3) is 3.65. The van der Waals surface area contributed by atoms with E-state index in [-0.39, 0.29) is 33.9 Å². The monoisotopic (exact) mass is 447 g/mol. The quantitative estimate of drug-likeness (QED) is 0.777. The molecule has 4 rings (SSSR count). The Balaban J connectivity index is 1.65. The fourth-order valence-corrected chi connectivity index (χ4v) is 6.09. The van der Waals surface area contributed by atoms with Gasteiger partial charge in [-0.2, -0.15) is 0 Å². The molecule has 2 aromatic rings. The summed E-state index contributed by atoms with van der Waals surface area (Å²) in [5, 5.41) is 0.0598. The molecule has 0 saturated carbocycles. The molecule has 2 aromatic carbocycles. The number of nitrogens with zero attached hydrogens (tertiary/aromatic N) is 2. The van der Waals surface area contributed by atoms with Crippen LogP contribution in [0.25, 0.3) is 0 Å². The van der Waals surface area contributed by atoms with Gasteiger partial charge in [-0.25, -0.2) is 8.42 Å². The van der Waals surface area contributed by atoms with Gasteiger partial charge in [0.05, 0.1) is 16.6 Å². The standard InChI is InChI=1S/C21H22ClN3O4S/c22-17-8-7-15(21(27)24-10-3-5-16(13-24)20(23)26)12-19(17)30(28,29)25-11-9-14-4-1-2-6-18(14)25/h1-2,4,6-8,12,16H,3,5,9-11,13H2,(H2,23,26)/t16-/m1/s1. The first kappa shape index (κ1) is 20.7. The van der Waals surface area contributed by atoms with Gasteiger partial charge in [0.1, 0.15) is 4.90 Å². The number of hydrogen-bond donors (Lipinski definition) is 1. The van der Waals surface area contributed by atoms with Crippen molar-refractivity contribution < 1.29 is 18.0 Å². The van der Waals surface area contributed by atoms with Crippen molar-refractivity contribution in [1.29, 1.82) is 0 Å². The minimum absolute atomic E-state index is 0.0598. The third-order valence-corrected chi connectivity index (χ3v) is 8.00. The predicted octanol–water partition coefficient (Wildman–Crippen LogP) is 2.43. The molecule has 2 amide bonds. The van der Waals surface area contributed by atoms with E-state index in [4.69, 9.17) is 17.3 Å². The molecule has 1 fully saturated rings. The number of para-hydroxylation sites is 1. The van der Waals surface area contributed by atoms with Gasteiger partial charge >= 0.3 is 0 Å². The SMILES string of the molecule is NC(=O)[C@@H]1CCCN(C(=O)c2ccc(Cl)c(S(=O)(=O)N3CCc4ccccc43)c2)C1. The van der Waals surface area contributed by atoms with Crippen molar-refractivity contribution in [3.8, 4) is 0 Å². The molecule has 9 heteroatoms. The van der Waals surface area contributed by atoms with Gasteiger partial charge < -0.3 is 10.6 Å². The summed E-state index contributed by atoms with van der Waals surface area (Å²) in [5.41, 5.74) is 7.20. The Bertz CT molecular complexity index is 1120. The van der Waals surface area contributed by atoms with Gasteiger partial charge in [0.2, 0.25) is 5.91 Å². The topological polar surface area (TPSA) is 101 Å². The average Bonchev–Trinajstić information content (AvgIpc) is 3.18. The molecule has 1 atom stereocenters.